The van der Waals surface area contributed by atoms with Crippen LogP contribution >= 0.6 is 24.0 Å². The van der Waals surface area contributed by atoms with Crippen molar-refractivity contribution in [3.63, 3.8) is 0 Å². The Morgan fingerprint density at radius 3 is 2.45 bits per heavy atom. The maximum absolute atomic E-state index is 5.81. The van der Waals surface area contributed by atoms with Crippen molar-refractivity contribution < 1.29 is 9.47 Å². The number of aliphatic imine (C=N–C) groups is 1. The van der Waals surface area contributed by atoms with Crippen molar-refractivity contribution in [2.24, 2.45) is 10.4 Å². The Balaban J connectivity index is 0.00000242. The van der Waals surface area contributed by atoms with Crippen LogP contribution in [0.3, 0.4) is 0 Å². The van der Waals surface area contributed by atoms with Gasteiger partial charge in [0, 0.05) is 38.8 Å². The van der Waals surface area contributed by atoms with Crippen LogP contribution in [0.15, 0.2) is 4.99 Å². The summed E-state index contributed by atoms with van der Waals surface area (Å²) in [6.45, 7) is 10.5. The molecule has 1 aliphatic carbocycles. The van der Waals surface area contributed by atoms with Gasteiger partial charge in [0.1, 0.15) is 0 Å². The number of guanidine groups is 1. The summed E-state index contributed by atoms with van der Waals surface area (Å²) in [5.74, 6) is 0.850. The second-order valence-corrected chi connectivity index (χ2v) is 7.39. The van der Waals surface area contributed by atoms with Gasteiger partial charge in [0.25, 0.3) is 0 Å². The van der Waals surface area contributed by atoms with E-state index >= 15 is 0 Å². The molecular formula is C16H32IN3O2. The topological polar surface area (TPSA) is 54.9 Å². The van der Waals surface area contributed by atoms with Crippen molar-refractivity contribution in [3.05, 3.63) is 0 Å². The quantitative estimate of drug-likeness (QED) is 0.413. The van der Waals surface area contributed by atoms with E-state index in [1.54, 1.807) is 7.11 Å². The van der Waals surface area contributed by atoms with Crippen molar-refractivity contribution in [3.8, 4) is 0 Å². The number of hydrogen-bond acceptors (Lipinski definition) is 3. The molecule has 1 aliphatic heterocycles. The first-order valence-electron chi connectivity index (χ1n) is 7.93. The van der Waals surface area contributed by atoms with Crippen molar-refractivity contribution >= 4 is 29.9 Å². The highest BCUT2D eigenvalue weighted by Gasteiger charge is 2.58. The Labute approximate surface area is 152 Å². The van der Waals surface area contributed by atoms with Gasteiger partial charge in [-0.15, -0.1) is 24.0 Å². The van der Waals surface area contributed by atoms with Crippen LogP contribution in [0.4, 0.5) is 0 Å². The third-order valence-electron chi connectivity index (χ3n) is 5.74. The molecule has 0 bridgehead atoms. The summed E-state index contributed by atoms with van der Waals surface area (Å²) in [6.07, 6.45) is 3.24. The van der Waals surface area contributed by atoms with Crippen LogP contribution in [0.2, 0.25) is 0 Å². The molecule has 6 heteroatoms. The highest BCUT2D eigenvalue weighted by molar-refractivity contribution is 14.0. The van der Waals surface area contributed by atoms with E-state index in [2.05, 4.69) is 43.3 Å². The van der Waals surface area contributed by atoms with Gasteiger partial charge in [-0.25, -0.2) is 0 Å². The van der Waals surface area contributed by atoms with E-state index < -0.39 is 0 Å². The Morgan fingerprint density at radius 2 is 2.00 bits per heavy atom. The number of nitrogens with zero attached hydrogens (tertiary/aromatic N) is 1. The van der Waals surface area contributed by atoms with Gasteiger partial charge in [-0.05, 0) is 33.1 Å². The summed E-state index contributed by atoms with van der Waals surface area (Å²) in [5.41, 5.74) is -0.0506. The molecule has 0 aromatic rings. The Bertz CT molecular complexity index is 408. The van der Waals surface area contributed by atoms with Crippen molar-refractivity contribution in [2.75, 3.05) is 27.3 Å². The van der Waals surface area contributed by atoms with E-state index in [4.69, 9.17) is 9.47 Å². The number of methoxy groups -OCH3 is 1. The normalized spacial score (nSPS) is 37.2. The van der Waals surface area contributed by atoms with Crippen molar-refractivity contribution in [1.82, 2.24) is 10.6 Å². The molecule has 0 radical (unpaired) electrons. The number of rotatable bonds is 4. The predicted molar refractivity (Wildman–Crippen MR) is 101 cm³/mol. The standard InChI is InChI=1S/C16H31N3O2.HI/c1-14(2)12(10-16(14,4)20-6)19-13(17-5)18-11-15(3)8-7-9-21-15;/h12H,7-11H2,1-6H3,(H2,17,18,19);1H. The maximum Gasteiger partial charge on any atom is 0.191 e. The molecule has 2 N–H and O–H groups in total. The molecule has 130 valence electrons. The molecule has 0 aromatic carbocycles. The monoisotopic (exact) mass is 425 g/mol. The van der Waals surface area contributed by atoms with Gasteiger partial charge < -0.3 is 20.1 Å². The molecule has 2 rings (SSSR count). The average molecular weight is 425 g/mol. The molecule has 1 heterocycles. The lowest BCUT2D eigenvalue weighted by Crippen LogP contribution is -2.69. The molecule has 3 atom stereocenters. The van der Waals surface area contributed by atoms with Gasteiger partial charge in [0.15, 0.2) is 5.96 Å². The summed E-state index contributed by atoms with van der Waals surface area (Å²) in [7, 11) is 3.61. The lowest BCUT2D eigenvalue weighted by molar-refractivity contribution is -0.176. The van der Waals surface area contributed by atoms with Crippen LogP contribution in [0.25, 0.3) is 0 Å². The summed E-state index contributed by atoms with van der Waals surface area (Å²) in [5, 5.41) is 6.93. The highest BCUT2D eigenvalue weighted by atomic mass is 127. The summed E-state index contributed by atoms with van der Waals surface area (Å²) < 4.78 is 11.5. The van der Waals surface area contributed by atoms with E-state index in [0.29, 0.717) is 6.04 Å². The molecule has 1 saturated heterocycles. The van der Waals surface area contributed by atoms with Crippen molar-refractivity contribution in [2.45, 2.75) is 64.2 Å². The molecule has 0 spiro atoms. The van der Waals surface area contributed by atoms with Crippen molar-refractivity contribution in [1.29, 1.82) is 0 Å². The Kier molecular flexibility index (Phi) is 6.55. The molecule has 5 nitrogen and oxygen atoms in total. The average Bonchev–Trinajstić information content (AvgIpc) is 2.89. The van der Waals surface area contributed by atoms with Gasteiger partial charge in [-0.2, -0.15) is 0 Å². The van der Waals surface area contributed by atoms with E-state index in [1.165, 1.54) is 0 Å². The van der Waals surface area contributed by atoms with Gasteiger partial charge in [-0.1, -0.05) is 13.8 Å². The highest BCUT2D eigenvalue weighted by Crippen LogP contribution is 2.51. The zero-order valence-electron chi connectivity index (χ0n) is 14.8. The minimum atomic E-state index is -0.0654. The van der Waals surface area contributed by atoms with Crippen LogP contribution in [0.1, 0.15) is 47.0 Å². The van der Waals surface area contributed by atoms with E-state index in [-0.39, 0.29) is 40.6 Å². The van der Waals surface area contributed by atoms with Crippen LogP contribution in [-0.2, 0) is 9.47 Å². The first-order valence-corrected chi connectivity index (χ1v) is 7.93. The Morgan fingerprint density at radius 1 is 1.32 bits per heavy atom. The van der Waals surface area contributed by atoms with E-state index in [9.17, 15) is 0 Å². The SMILES string of the molecule is CN=C(NCC1(C)CCCO1)NC1CC(C)(OC)C1(C)C.I. The van der Waals surface area contributed by atoms with E-state index in [1.807, 2.05) is 7.05 Å². The molecule has 1 saturated carbocycles. The molecule has 3 unspecified atom stereocenters. The first-order chi connectivity index (χ1) is 9.76. The number of nitrogens with one attached hydrogen (secondary N) is 2. The summed E-state index contributed by atoms with van der Waals surface area (Å²) in [6, 6.07) is 0.367. The third-order valence-corrected chi connectivity index (χ3v) is 5.74. The lowest BCUT2D eigenvalue weighted by atomic mass is 9.56. The van der Waals surface area contributed by atoms with Crippen LogP contribution in [-0.4, -0.2) is 50.5 Å². The number of ether oxygens (including phenoxy) is 2. The number of hydrogen-bond donors (Lipinski definition) is 2. The van der Waals surface area contributed by atoms with Gasteiger partial charge in [0.05, 0.1) is 11.2 Å². The zero-order valence-corrected chi connectivity index (χ0v) is 17.1. The fraction of sp³-hybridized carbons (Fsp3) is 0.938. The zero-order chi connectivity index (χ0) is 15.7. The molecule has 0 aromatic heterocycles. The molecule has 22 heavy (non-hydrogen) atoms. The molecule has 2 fully saturated rings. The lowest BCUT2D eigenvalue weighted by Gasteiger charge is -2.59. The van der Waals surface area contributed by atoms with Crippen LogP contribution < -0.4 is 10.6 Å². The maximum atomic E-state index is 5.81. The van der Waals surface area contributed by atoms with Gasteiger partial charge in [0.2, 0.25) is 0 Å². The minimum absolute atomic E-state index is 0. The van der Waals surface area contributed by atoms with Crippen LogP contribution in [0.5, 0.6) is 0 Å². The second-order valence-electron chi connectivity index (χ2n) is 7.39. The summed E-state index contributed by atoms with van der Waals surface area (Å²) in [4.78, 5) is 4.34. The fourth-order valence-electron chi connectivity index (χ4n) is 3.33. The minimum Gasteiger partial charge on any atom is -0.378 e. The molecule has 2 aliphatic rings. The predicted octanol–water partition coefficient (Wildman–Crippen LogP) is 2.54. The fourth-order valence-corrected chi connectivity index (χ4v) is 3.33. The number of halogens is 1. The van der Waals surface area contributed by atoms with Gasteiger partial charge in [-0.3, -0.25) is 4.99 Å². The molecule has 0 amide bonds. The second kappa shape index (κ2) is 7.21. The smallest absolute Gasteiger partial charge is 0.191 e. The molecular weight excluding hydrogens is 393 g/mol. The largest absolute Gasteiger partial charge is 0.378 e. The van der Waals surface area contributed by atoms with E-state index in [0.717, 1.165) is 38.4 Å². The summed E-state index contributed by atoms with van der Waals surface area (Å²) >= 11 is 0. The first kappa shape index (κ1) is 20.0. The third kappa shape index (κ3) is 3.70. The van der Waals surface area contributed by atoms with Crippen LogP contribution in [0, 0.1) is 5.41 Å². The Hall–Kier alpha value is -0.0800. The van der Waals surface area contributed by atoms with Gasteiger partial charge >= 0.3 is 0 Å².